The van der Waals surface area contributed by atoms with Crippen molar-refractivity contribution in [1.82, 2.24) is 15.5 Å². The fraction of sp³-hybridized carbons (Fsp3) is 0.938. The molecule has 0 spiro atoms. The molecule has 1 amide bonds. The van der Waals surface area contributed by atoms with Crippen molar-refractivity contribution in [2.45, 2.75) is 76.4 Å². The van der Waals surface area contributed by atoms with Crippen LogP contribution < -0.4 is 10.6 Å². The van der Waals surface area contributed by atoms with Gasteiger partial charge in [0.1, 0.15) is 0 Å². The summed E-state index contributed by atoms with van der Waals surface area (Å²) in [4.78, 5) is 14.3. The second-order valence-corrected chi connectivity index (χ2v) is 6.53. The van der Waals surface area contributed by atoms with E-state index in [1.807, 2.05) is 0 Å². The van der Waals surface area contributed by atoms with Crippen LogP contribution in [-0.4, -0.2) is 49.1 Å². The van der Waals surface area contributed by atoms with E-state index in [4.69, 9.17) is 0 Å². The highest BCUT2D eigenvalue weighted by atomic mass is 16.2. The van der Waals surface area contributed by atoms with Gasteiger partial charge in [0.05, 0.1) is 6.54 Å². The van der Waals surface area contributed by atoms with Gasteiger partial charge in [-0.05, 0) is 52.1 Å². The van der Waals surface area contributed by atoms with Gasteiger partial charge in [-0.1, -0.05) is 19.8 Å². The highest BCUT2D eigenvalue weighted by Crippen LogP contribution is 2.22. The van der Waals surface area contributed by atoms with Crippen molar-refractivity contribution in [1.29, 1.82) is 0 Å². The molecule has 0 aromatic carbocycles. The number of hydrogen-bond donors (Lipinski definition) is 2. The Bertz CT molecular complexity index is 294. The average molecular weight is 281 g/mol. The van der Waals surface area contributed by atoms with E-state index in [0.29, 0.717) is 24.7 Å². The summed E-state index contributed by atoms with van der Waals surface area (Å²) in [6, 6.07) is 1.72. The topological polar surface area (TPSA) is 44.4 Å². The average Bonchev–Trinajstić information content (AvgIpc) is 2.92. The van der Waals surface area contributed by atoms with Gasteiger partial charge in [-0.15, -0.1) is 0 Å². The molecular formula is C16H31N3O. The van der Waals surface area contributed by atoms with Crippen molar-refractivity contribution in [2.24, 2.45) is 0 Å². The molecule has 2 aliphatic carbocycles. The maximum atomic E-state index is 12.1. The van der Waals surface area contributed by atoms with Gasteiger partial charge in [0.15, 0.2) is 0 Å². The molecular weight excluding hydrogens is 250 g/mol. The number of nitrogens with one attached hydrogen (secondary N) is 2. The normalized spacial score (nSPS) is 27.9. The molecule has 0 heterocycles. The first-order valence-electron chi connectivity index (χ1n) is 8.42. The molecule has 2 rings (SSSR count). The Hall–Kier alpha value is -0.610. The molecule has 20 heavy (non-hydrogen) atoms. The highest BCUT2D eigenvalue weighted by molar-refractivity contribution is 5.78. The van der Waals surface area contributed by atoms with Gasteiger partial charge in [-0.25, -0.2) is 0 Å². The maximum Gasteiger partial charge on any atom is 0.234 e. The van der Waals surface area contributed by atoms with E-state index in [0.717, 1.165) is 6.54 Å². The van der Waals surface area contributed by atoms with E-state index >= 15 is 0 Å². The number of rotatable bonds is 6. The summed E-state index contributed by atoms with van der Waals surface area (Å²) in [5.74, 6) is 0.216. The Morgan fingerprint density at radius 1 is 1.05 bits per heavy atom. The third-order valence-electron chi connectivity index (χ3n) is 4.93. The Morgan fingerprint density at radius 2 is 1.70 bits per heavy atom. The number of carbonyl (C=O) groups is 1. The van der Waals surface area contributed by atoms with Crippen molar-refractivity contribution in [3.8, 4) is 0 Å². The van der Waals surface area contributed by atoms with E-state index in [-0.39, 0.29) is 5.91 Å². The predicted molar refractivity (Wildman–Crippen MR) is 82.7 cm³/mol. The standard InChI is InChI=1S/C16H31N3O/c1-3-17-13-8-10-15(11-9-13)19(2)12-16(20)18-14-6-4-5-7-14/h13-15,17H,3-12H2,1-2H3,(H,18,20). The second-order valence-electron chi connectivity index (χ2n) is 6.53. The second kappa shape index (κ2) is 7.99. The lowest BCUT2D eigenvalue weighted by Crippen LogP contribution is -2.46. The zero-order valence-corrected chi connectivity index (χ0v) is 13.2. The number of likely N-dealkylation sites (N-methyl/N-ethyl adjacent to an activating group) is 1. The minimum absolute atomic E-state index is 0.216. The molecule has 2 aliphatic rings. The van der Waals surface area contributed by atoms with Crippen LogP contribution in [0.25, 0.3) is 0 Å². The van der Waals surface area contributed by atoms with Crippen LogP contribution in [0.4, 0.5) is 0 Å². The Balaban J connectivity index is 1.66. The smallest absolute Gasteiger partial charge is 0.234 e. The van der Waals surface area contributed by atoms with Crippen LogP contribution in [0, 0.1) is 0 Å². The number of carbonyl (C=O) groups excluding carboxylic acids is 1. The first-order chi connectivity index (χ1) is 9.69. The molecule has 2 N–H and O–H groups in total. The minimum atomic E-state index is 0.216. The predicted octanol–water partition coefficient (Wildman–Crippen LogP) is 1.90. The molecule has 0 bridgehead atoms. The first-order valence-corrected chi connectivity index (χ1v) is 8.42. The summed E-state index contributed by atoms with van der Waals surface area (Å²) in [5, 5.41) is 6.72. The monoisotopic (exact) mass is 281 g/mol. The summed E-state index contributed by atoms with van der Waals surface area (Å²) in [7, 11) is 2.10. The third-order valence-corrected chi connectivity index (χ3v) is 4.93. The van der Waals surface area contributed by atoms with Gasteiger partial charge in [0, 0.05) is 18.1 Å². The zero-order valence-electron chi connectivity index (χ0n) is 13.2. The maximum absolute atomic E-state index is 12.1. The molecule has 116 valence electrons. The van der Waals surface area contributed by atoms with Gasteiger partial charge in [0.25, 0.3) is 0 Å². The molecule has 2 saturated carbocycles. The summed E-state index contributed by atoms with van der Waals surface area (Å²) in [6.07, 6.45) is 9.80. The van der Waals surface area contributed by atoms with Crippen molar-refractivity contribution >= 4 is 5.91 Å². The lowest BCUT2D eigenvalue weighted by molar-refractivity contribution is -0.123. The van der Waals surface area contributed by atoms with E-state index in [9.17, 15) is 4.79 Å². The molecule has 0 radical (unpaired) electrons. The van der Waals surface area contributed by atoms with E-state index < -0.39 is 0 Å². The lowest BCUT2D eigenvalue weighted by atomic mass is 9.90. The Labute approximate surface area is 123 Å². The van der Waals surface area contributed by atoms with Crippen molar-refractivity contribution in [3.05, 3.63) is 0 Å². The van der Waals surface area contributed by atoms with Crippen LogP contribution in [0.15, 0.2) is 0 Å². The summed E-state index contributed by atoms with van der Waals surface area (Å²) >= 11 is 0. The van der Waals surface area contributed by atoms with Crippen LogP contribution in [0.1, 0.15) is 58.3 Å². The quantitative estimate of drug-likeness (QED) is 0.781. The highest BCUT2D eigenvalue weighted by Gasteiger charge is 2.25. The van der Waals surface area contributed by atoms with Gasteiger partial charge >= 0.3 is 0 Å². The number of nitrogens with zero attached hydrogens (tertiary/aromatic N) is 1. The minimum Gasteiger partial charge on any atom is -0.352 e. The number of amides is 1. The zero-order chi connectivity index (χ0) is 14.4. The van der Waals surface area contributed by atoms with Crippen LogP contribution >= 0.6 is 0 Å². The molecule has 4 heteroatoms. The fourth-order valence-electron chi connectivity index (χ4n) is 3.71. The fourth-order valence-corrected chi connectivity index (χ4v) is 3.71. The van der Waals surface area contributed by atoms with Crippen LogP contribution in [-0.2, 0) is 4.79 Å². The summed E-state index contributed by atoms with van der Waals surface area (Å²) in [6.45, 7) is 3.80. The van der Waals surface area contributed by atoms with Gasteiger partial charge in [0.2, 0.25) is 5.91 Å². The molecule has 2 fully saturated rings. The molecule has 0 unspecified atom stereocenters. The molecule has 0 aromatic heterocycles. The van der Waals surface area contributed by atoms with E-state index in [1.54, 1.807) is 0 Å². The van der Waals surface area contributed by atoms with Gasteiger partial charge in [-0.2, -0.15) is 0 Å². The molecule has 0 atom stereocenters. The molecule has 0 aliphatic heterocycles. The van der Waals surface area contributed by atoms with Crippen LogP contribution in [0.5, 0.6) is 0 Å². The molecule has 0 aromatic rings. The van der Waals surface area contributed by atoms with Gasteiger partial charge < -0.3 is 10.6 Å². The Kier molecular flexibility index (Phi) is 6.30. The van der Waals surface area contributed by atoms with Crippen molar-refractivity contribution in [3.63, 3.8) is 0 Å². The summed E-state index contributed by atoms with van der Waals surface area (Å²) in [5.41, 5.74) is 0. The third kappa shape index (κ3) is 4.74. The SMILES string of the molecule is CCNC1CCC(N(C)CC(=O)NC2CCCC2)CC1. The van der Waals surface area contributed by atoms with E-state index in [2.05, 4.69) is 29.5 Å². The van der Waals surface area contributed by atoms with Crippen LogP contribution in [0.2, 0.25) is 0 Å². The van der Waals surface area contributed by atoms with Crippen molar-refractivity contribution in [2.75, 3.05) is 20.1 Å². The van der Waals surface area contributed by atoms with Crippen LogP contribution in [0.3, 0.4) is 0 Å². The van der Waals surface area contributed by atoms with Crippen molar-refractivity contribution < 1.29 is 4.79 Å². The summed E-state index contributed by atoms with van der Waals surface area (Å²) < 4.78 is 0. The van der Waals surface area contributed by atoms with E-state index in [1.165, 1.54) is 51.4 Å². The molecule has 0 saturated heterocycles. The molecule has 4 nitrogen and oxygen atoms in total. The lowest BCUT2D eigenvalue weighted by Gasteiger charge is -2.34. The number of hydrogen-bond acceptors (Lipinski definition) is 3. The first kappa shape index (κ1) is 15.8. The van der Waals surface area contributed by atoms with Gasteiger partial charge in [-0.3, -0.25) is 9.69 Å². The Morgan fingerprint density at radius 3 is 2.30 bits per heavy atom. The largest absolute Gasteiger partial charge is 0.352 e.